The summed E-state index contributed by atoms with van der Waals surface area (Å²) in [6, 6.07) is 13.8. The van der Waals surface area contributed by atoms with Gasteiger partial charge in [0.15, 0.2) is 5.76 Å². The molecule has 8 heteroatoms. The Morgan fingerprint density at radius 3 is 2.69 bits per heavy atom. The molecule has 8 nitrogen and oxygen atoms in total. The number of fused-ring (bicyclic) bond motifs is 1. The van der Waals surface area contributed by atoms with Gasteiger partial charge in [-0.05, 0) is 42.8 Å². The van der Waals surface area contributed by atoms with E-state index in [2.05, 4.69) is 15.8 Å². The highest BCUT2D eigenvalue weighted by Crippen LogP contribution is 2.19. The second-order valence-corrected chi connectivity index (χ2v) is 6.32. The van der Waals surface area contributed by atoms with E-state index in [1.165, 1.54) is 12.3 Å². The number of hydrazine groups is 1. The Bertz CT molecular complexity index is 1160. The zero-order valence-corrected chi connectivity index (χ0v) is 15.6. The predicted octanol–water partition coefficient (Wildman–Crippen LogP) is 2.89. The Balaban J connectivity index is 1.44. The molecule has 0 aliphatic carbocycles. The maximum Gasteiger partial charge on any atom is 0.305 e. The summed E-state index contributed by atoms with van der Waals surface area (Å²) in [7, 11) is 0. The maximum absolute atomic E-state index is 12.5. The standard InChI is InChI=1S/C21H18N4O4/c1-14-6-4-10-25-12-15(22-19(14)25)13-29-17-8-3-2-7-16(17)20(26)23-24-21(27)18-9-5-11-28-18/h2-12H,13H2,1H3,(H,23,26)(H,24,27). The van der Waals surface area contributed by atoms with Crippen molar-refractivity contribution in [2.24, 2.45) is 0 Å². The first-order chi connectivity index (χ1) is 14.1. The van der Waals surface area contributed by atoms with Gasteiger partial charge >= 0.3 is 5.91 Å². The highest BCUT2D eigenvalue weighted by molar-refractivity contribution is 5.99. The average Bonchev–Trinajstić information content (AvgIpc) is 3.41. The quantitative estimate of drug-likeness (QED) is 0.511. The number of ether oxygens (including phenoxy) is 1. The molecule has 4 aromatic rings. The molecule has 0 saturated heterocycles. The van der Waals surface area contributed by atoms with Gasteiger partial charge < -0.3 is 13.6 Å². The SMILES string of the molecule is Cc1cccn2cc(COc3ccccc3C(=O)NNC(=O)c3ccco3)nc12. The lowest BCUT2D eigenvalue weighted by molar-refractivity contribution is 0.0828. The number of aryl methyl sites for hydroxylation is 1. The molecule has 0 bridgehead atoms. The number of benzene rings is 1. The van der Waals surface area contributed by atoms with Crippen molar-refractivity contribution in [1.82, 2.24) is 20.2 Å². The van der Waals surface area contributed by atoms with E-state index in [0.717, 1.165) is 16.9 Å². The minimum Gasteiger partial charge on any atom is -0.486 e. The van der Waals surface area contributed by atoms with Crippen LogP contribution in [0.4, 0.5) is 0 Å². The molecule has 2 amide bonds. The number of rotatable bonds is 5. The number of hydrogen-bond donors (Lipinski definition) is 2. The average molecular weight is 390 g/mol. The van der Waals surface area contributed by atoms with Crippen LogP contribution in [-0.4, -0.2) is 21.2 Å². The number of aromatic nitrogens is 2. The van der Waals surface area contributed by atoms with Gasteiger partial charge in [-0.25, -0.2) is 4.98 Å². The van der Waals surface area contributed by atoms with Crippen molar-refractivity contribution in [2.75, 3.05) is 0 Å². The molecule has 0 saturated carbocycles. The lowest BCUT2D eigenvalue weighted by Crippen LogP contribution is -2.41. The monoisotopic (exact) mass is 390 g/mol. The van der Waals surface area contributed by atoms with Crippen LogP contribution in [0.25, 0.3) is 5.65 Å². The molecular weight excluding hydrogens is 372 g/mol. The van der Waals surface area contributed by atoms with Crippen LogP contribution in [0.1, 0.15) is 32.2 Å². The lowest BCUT2D eigenvalue weighted by atomic mass is 10.2. The fraction of sp³-hybridized carbons (Fsp3) is 0.0952. The Kier molecular flexibility index (Phi) is 4.98. The molecule has 0 unspecified atom stereocenters. The highest BCUT2D eigenvalue weighted by Gasteiger charge is 2.15. The Labute approximate surface area is 166 Å². The third kappa shape index (κ3) is 3.96. The van der Waals surface area contributed by atoms with Crippen LogP contribution in [0.5, 0.6) is 5.75 Å². The molecule has 29 heavy (non-hydrogen) atoms. The minimum atomic E-state index is -0.554. The number of para-hydroxylation sites is 1. The lowest BCUT2D eigenvalue weighted by Gasteiger charge is -2.11. The Morgan fingerprint density at radius 2 is 1.90 bits per heavy atom. The van der Waals surface area contributed by atoms with Gasteiger partial charge in [-0.2, -0.15) is 0 Å². The van der Waals surface area contributed by atoms with Crippen LogP contribution >= 0.6 is 0 Å². The van der Waals surface area contributed by atoms with Crippen molar-refractivity contribution >= 4 is 17.5 Å². The van der Waals surface area contributed by atoms with Gasteiger partial charge in [-0.3, -0.25) is 20.4 Å². The Morgan fingerprint density at radius 1 is 1.07 bits per heavy atom. The summed E-state index contributed by atoms with van der Waals surface area (Å²) in [6.45, 7) is 2.19. The molecule has 146 valence electrons. The van der Waals surface area contributed by atoms with Crippen molar-refractivity contribution in [3.05, 3.63) is 89.8 Å². The molecule has 2 N–H and O–H groups in total. The predicted molar refractivity (Wildman–Crippen MR) is 104 cm³/mol. The van der Waals surface area contributed by atoms with E-state index in [1.54, 1.807) is 30.3 Å². The third-order valence-electron chi connectivity index (χ3n) is 4.27. The number of furan rings is 1. The third-order valence-corrected chi connectivity index (χ3v) is 4.27. The van der Waals surface area contributed by atoms with Gasteiger partial charge in [-0.15, -0.1) is 0 Å². The highest BCUT2D eigenvalue weighted by atomic mass is 16.5. The van der Waals surface area contributed by atoms with Gasteiger partial charge in [0.05, 0.1) is 17.5 Å². The number of amides is 2. The van der Waals surface area contributed by atoms with E-state index >= 15 is 0 Å². The Hall–Kier alpha value is -4.07. The van der Waals surface area contributed by atoms with E-state index in [4.69, 9.17) is 9.15 Å². The minimum absolute atomic E-state index is 0.0944. The number of carbonyl (C=O) groups excluding carboxylic acids is 2. The second kappa shape index (κ2) is 7.89. The summed E-state index contributed by atoms with van der Waals surface area (Å²) >= 11 is 0. The molecule has 0 radical (unpaired) electrons. The first-order valence-corrected chi connectivity index (χ1v) is 8.91. The van der Waals surface area contributed by atoms with Gasteiger partial charge in [0.2, 0.25) is 0 Å². The molecule has 3 aromatic heterocycles. The van der Waals surface area contributed by atoms with E-state index < -0.39 is 11.8 Å². The molecule has 0 aliphatic heterocycles. The van der Waals surface area contributed by atoms with E-state index in [0.29, 0.717) is 5.75 Å². The number of hydrogen-bond acceptors (Lipinski definition) is 5. The van der Waals surface area contributed by atoms with Crippen molar-refractivity contribution in [2.45, 2.75) is 13.5 Å². The summed E-state index contributed by atoms with van der Waals surface area (Å²) < 4.78 is 12.7. The fourth-order valence-electron chi connectivity index (χ4n) is 2.86. The van der Waals surface area contributed by atoms with Gasteiger partial charge in [0.25, 0.3) is 5.91 Å². The molecular formula is C21H18N4O4. The topological polar surface area (TPSA) is 97.9 Å². The van der Waals surface area contributed by atoms with Gasteiger partial charge in [-0.1, -0.05) is 18.2 Å². The maximum atomic E-state index is 12.5. The van der Waals surface area contributed by atoms with Crippen LogP contribution in [0.2, 0.25) is 0 Å². The van der Waals surface area contributed by atoms with Crippen LogP contribution in [0.15, 0.2) is 71.6 Å². The largest absolute Gasteiger partial charge is 0.486 e. The van der Waals surface area contributed by atoms with Crippen LogP contribution < -0.4 is 15.6 Å². The van der Waals surface area contributed by atoms with Crippen molar-refractivity contribution in [1.29, 1.82) is 0 Å². The van der Waals surface area contributed by atoms with Crippen molar-refractivity contribution < 1.29 is 18.7 Å². The molecule has 0 atom stereocenters. The molecule has 0 aliphatic rings. The van der Waals surface area contributed by atoms with E-state index in [9.17, 15) is 9.59 Å². The smallest absolute Gasteiger partial charge is 0.305 e. The van der Waals surface area contributed by atoms with E-state index in [1.807, 2.05) is 35.9 Å². The first-order valence-electron chi connectivity index (χ1n) is 8.91. The normalized spacial score (nSPS) is 10.7. The van der Waals surface area contributed by atoms with Crippen LogP contribution in [0, 0.1) is 6.92 Å². The van der Waals surface area contributed by atoms with E-state index in [-0.39, 0.29) is 17.9 Å². The summed E-state index contributed by atoms with van der Waals surface area (Å²) in [5.74, 6) is -0.587. The molecule has 4 rings (SSSR count). The van der Waals surface area contributed by atoms with Crippen LogP contribution in [-0.2, 0) is 6.61 Å². The molecule has 1 aromatic carbocycles. The molecule has 0 fully saturated rings. The summed E-state index contributed by atoms with van der Waals surface area (Å²) in [6.07, 6.45) is 5.18. The molecule has 0 spiro atoms. The first kappa shape index (κ1) is 18.3. The van der Waals surface area contributed by atoms with Gasteiger partial charge in [0, 0.05) is 12.4 Å². The molecule has 3 heterocycles. The second-order valence-electron chi connectivity index (χ2n) is 6.32. The van der Waals surface area contributed by atoms with Gasteiger partial charge in [0.1, 0.15) is 18.0 Å². The van der Waals surface area contributed by atoms with Crippen molar-refractivity contribution in [3.63, 3.8) is 0 Å². The number of pyridine rings is 1. The number of imidazole rings is 1. The zero-order chi connectivity index (χ0) is 20.2. The number of nitrogens with one attached hydrogen (secondary N) is 2. The zero-order valence-electron chi connectivity index (χ0n) is 15.6. The number of carbonyl (C=O) groups is 2. The summed E-state index contributed by atoms with van der Waals surface area (Å²) in [4.78, 5) is 28.9. The summed E-state index contributed by atoms with van der Waals surface area (Å²) in [5.41, 5.74) is 7.60. The van der Waals surface area contributed by atoms with Crippen LogP contribution in [0.3, 0.4) is 0 Å². The van der Waals surface area contributed by atoms with Crippen molar-refractivity contribution in [3.8, 4) is 5.75 Å². The summed E-state index contributed by atoms with van der Waals surface area (Å²) in [5, 5.41) is 0. The number of nitrogens with zero attached hydrogens (tertiary/aromatic N) is 2. The fourth-order valence-corrected chi connectivity index (χ4v) is 2.86.